The van der Waals surface area contributed by atoms with Crippen molar-refractivity contribution in [2.75, 3.05) is 23.7 Å². The molecule has 0 aliphatic heterocycles. The molecule has 0 aliphatic carbocycles. The van der Waals surface area contributed by atoms with Gasteiger partial charge in [-0.05, 0) is 30.2 Å². The molecule has 1 N–H and O–H groups in total. The van der Waals surface area contributed by atoms with Gasteiger partial charge in [-0.15, -0.1) is 0 Å². The number of carbonyl (C=O) groups is 2. The van der Waals surface area contributed by atoms with Crippen LogP contribution in [-0.2, 0) is 32.6 Å². The highest BCUT2D eigenvalue weighted by molar-refractivity contribution is 7.92. The van der Waals surface area contributed by atoms with Crippen LogP contribution in [-0.4, -0.2) is 50.5 Å². The number of sulfonamides is 1. The molecule has 214 valence electrons. The maximum atomic E-state index is 14.8. The maximum Gasteiger partial charge on any atom is 0.244 e. The molecular weight excluding hydrogens is 600 g/mol. The second-order valence-electron chi connectivity index (χ2n) is 9.10. The number of nitrogens with one attached hydrogen (secondary N) is 1. The lowest BCUT2D eigenvalue weighted by atomic mass is 10.0. The second-order valence-corrected chi connectivity index (χ2v) is 12.2. The molecule has 3 aromatic rings. The van der Waals surface area contributed by atoms with Crippen molar-refractivity contribution < 1.29 is 22.4 Å². The van der Waals surface area contributed by atoms with Crippen LogP contribution in [0.3, 0.4) is 0 Å². The molecule has 40 heavy (non-hydrogen) atoms. The van der Waals surface area contributed by atoms with Gasteiger partial charge in [0.15, 0.2) is 0 Å². The molecule has 0 fully saturated rings. The fourth-order valence-electron chi connectivity index (χ4n) is 4.03. The van der Waals surface area contributed by atoms with Gasteiger partial charge in [0.1, 0.15) is 18.4 Å². The van der Waals surface area contributed by atoms with Crippen LogP contribution in [0.5, 0.6) is 0 Å². The van der Waals surface area contributed by atoms with Crippen LogP contribution in [0.25, 0.3) is 0 Å². The van der Waals surface area contributed by atoms with Gasteiger partial charge < -0.3 is 10.2 Å². The number of halogens is 4. The summed E-state index contributed by atoms with van der Waals surface area (Å²) in [6, 6.07) is 16.4. The molecule has 0 radical (unpaired) electrons. The molecule has 7 nitrogen and oxygen atoms in total. The highest BCUT2D eigenvalue weighted by atomic mass is 35.5. The predicted octanol–water partition coefficient (Wildman–Crippen LogP) is 5.72. The molecule has 0 heterocycles. The Morgan fingerprint density at radius 3 is 2.20 bits per heavy atom. The van der Waals surface area contributed by atoms with Crippen LogP contribution in [0.1, 0.15) is 24.5 Å². The number of hydrogen-bond donors (Lipinski definition) is 1. The number of hydrogen-bond acceptors (Lipinski definition) is 4. The molecule has 0 saturated carbocycles. The van der Waals surface area contributed by atoms with Crippen molar-refractivity contribution in [3.8, 4) is 0 Å². The molecule has 0 spiro atoms. The average Bonchev–Trinajstić information content (AvgIpc) is 2.91. The fraction of sp³-hybridized carbons (Fsp3) is 0.286. The minimum absolute atomic E-state index is 0.0336. The van der Waals surface area contributed by atoms with E-state index in [0.29, 0.717) is 13.0 Å². The van der Waals surface area contributed by atoms with Crippen LogP contribution in [0.2, 0.25) is 15.1 Å². The largest absolute Gasteiger partial charge is 0.354 e. The van der Waals surface area contributed by atoms with E-state index in [1.165, 1.54) is 35.2 Å². The third-order valence-corrected chi connectivity index (χ3v) is 8.21. The Hall–Kier alpha value is -2.85. The van der Waals surface area contributed by atoms with Crippen LogP contribution >= 0.6 is 34.8 Å². The summed E-state index contributed by atoms with van der Waals surface area (Å²) in [4.78, 5) is 28.6. The zero-order chi connectivity index (χ0) is 29.4. The second kappa shape index (κ2) is 14.2. The van der Waals surface area contributed by atoms with Crippen LogP contribution < -0.4 is 9.62 Å². The van der Waals surface area contributed by atoms with Crippen molar-refractivity contribution in [2.24, 2.45) is 0 Å². The number of amides is 2. The smallest absolute Gasteiger partial charge is 0.244 e. The quantitative estimate of drug-likeness (QED) is 0.260. The monoisotopic (exact) mass is 627 g/mol. The summed E-state index contributed by atoms with van der Waals surface area (Å²) in [5.41, 5.74) is 0.862. The van der Waals surface area contributed by atoms with E-state index in [2.05, 4.69) is 5.32 Å². The van der Waals surface area contributed by atoms with Crippen molar-refractivity contribution in [2.45, 2.75) is 32.4 Å². The third kappa shape index (κ3) is 8.33. The zero-order valence-electron chi connectivity index (χ0n) is 21.9. The number of benzene rings is 3. The summed E-state index contributed by atoms with van der Waals surface area (Å²) in [5.74, 6) is -1.77. The predicted molar refractivity (Wildman–Crippen MR) is 158 cm³/mol. The van der Waals surface area contributed by atoms with Crippen molar-refractivity contribution in [1.82, 2.24) is 10.2 Å². The Morgan fingerprint density at radius 1 is 0.950 bits per heavy atom. The van der Waals surface area contributed by atoms with E-state index in [0.717, 1.165) is 16.1 Å². The fourth-order valence-corrected chi connectivity index (χ4v) is 5.57. The molecule has 1 atom stereocenters. The van der Waals surface area contributed by atoms with Crippen molar-refractivity contribution in [1.29, 1.82) is 0 Å². The van der Waals surface area contributed by atoms with Crippen molar-refractivity contribution >= 4 is 62.3 Å². The summed E-state index contributed by atoms with van der Waals surface area (Å²) < 4.78 is 41.3. The Bertz CT molecular complexity index is 1460. The van der Waals surface area contributed by atoms with Gasteiger partial charge >= 0.3 is 0 Å². The lowest BCUT2D eigenvalue weighted by Gasteiger charge is -2.33. The molecule has 2 amide bonds. The van der Waals surface area contributed by atoms with Crippen LogP contribution in [0, 0.1) is 5.82 Å². The molecular formula is C28H29Cl3FN3O4S. The molecule has 3 aromatic carbocycles. The summed E-state index contributed by atoms with van der Waals surface area (Å²) in [5, 5.41) is 2.91. The summed E-state index contributed by atoms with van der Waals surface area (Å²) in [7, 11) is -4.07. The van der Waals surface area contributed by atoms with Gasteiger partial charge in [0.05, 0.1) is 27.0 Å². The van der Waals surface area contributed by atoms with Crippen molar-refractivity contribution in [3.63, 3.8) is 0 Å². The van der Waals surface area contributed by atoms with Gasteiger partial charge in [0.25, 0.3) is 0 Å². The van der Waals surface area contributed by atoms with Gasteiger partial charge in [-0.1, -0.05) is 90.3 Å². The SMILES string of the molecule is CCCNC(=O)[C@@H](Cc1ccccc1)N(Cc1ccccc1F)C(=O)CN(c1cc(Cl)c(Cl)cc1Cl)S(C)(=O)=O. The van der Waals surface area contributed by atoms with Crippen LogP contribution in [0.4, 0.5) is 10.1 Å². The van der Waals surface area contributed by atoms with Crippen molar-refractivity contribution in [3.05, 3.63) is 98.7 Å². The van der Waals surface area contributed by atoms with E-state index in [1.54, 1.807) is 18.2 Å². The Labute approximate surface area is 248 Å². The first kappa shape index (κ1) is 31.7. The standard InChI is InChI=1S/C28H29Cl3FN3O4S/c1-3-13-33-28(37)26(14-19-9-5-4-6-10-19)34(17-20-11-7-8-12-24(20)32)27(36)18-35(40(2,38)39)25-16-22(30)21(29)15-23(25)31/h4-12,15-16,26H,3,13-14,17-18H2,1-2H3,(H,33,37)/t26-/m1/s1. The van der Waals surface area contributed by atoms with Gasteiger partial charge in [-0.2, -0.15) is 0 Å². The third-order valence-electron chi connectivity index (χ3n) is 6.06. The van der Waals surface area contributed by atoms with E-state index >= 15 is 0 Å². The summed E-state index contributed by atoms with van der Waals surface area (Å²) in [6.45, 7) is 1.24. The van der Waals surface area contributed by atoms with Gasteiger partial charge in [-0.3, -0.25) is 13.9 Å². The first-order valence-corrected chi connectivity index (χ1v) is 15.4. The molecule has 12 heteroatoms. The van der Waals surface area contributed by atoms with E-state index in [-0.39, 0.29) is 39.3 Å². The number of carbonyl (C=O) groups excluding carboxylic acids is 2. The van der Waals surface area contributed by atoms with Gasteiger partial charge in [-0.25, -0.2) is 12.8 Å². The first-order valence-electron chi connectivity index (χ1n) is 12.4. The van der Waals surface area contributed by atoms with E-state index in [4.69, 9.17) is 34.8 Å². The normalized spacial score (nSPS) is 12.1. The molecule has 0 saturated heterocycles. The Kier molecular flexibility index (Phi) is 11.2. The molecule has 0 unspecified atom stereocenters. The maximum absolute atomic E-state index is 14.8. The lowest BCUT2D eigenvalue weighted by Crippen LogP contribution is -2.53. The molecule has 0 bridgehead atoms. The van der Waals surface area contributed by atoms with Crippen LogP contribution in [0.15, 0.2) is 66.7 Å². The van der Waals surface area contributed by atoms with E-state index < -0.39 is 40.2 Å². The summed E-state index contributed by atoms with van der Waals surface area (Å²) in [6.07, 6.45) is 1.68. The number of anilines is 1. The molecule has 0 aliphatic rings. The number of nitrogens with zero attached hydrogens (tertiary/aromatic N) is 2. The Balaban J connectivity index is 2.09. The highest BCUT2D eigenvalue weighted by Crippen LogP contribution is 2.35. The highest BCUT2D eigenvalue weighted by Gasteiger charge is 2.34. The molecule has 3 rings (SSSR count). The average molecular weight is 629 g/mol. The van der Waals surface area contributed by atoms with Gasteiger partial charge in [0, 0.05) is 25.1 Å². The first-order chi connectivity index (χ1) is 18.9. The van der Waals surface area contributed by atoms with E-state index in [1.807, 2.05) is 25.1 Å². The molecule has 0 aromatic heterocycles. The Morgan fingerprint density at radius 2 is 1.57 bits per heavy atom. The zero-order valence-corrected chi connectivity index (χ0v) is 25.0. The van der Waals surface area contributed by atoms with Gasteiger partial charge in [0.2, 0.25) is 21.8 Å². The minimum atomic E-state index is -4.07. The minimum Gasteiger partial charge on any atom is -0.354 e. The number of rotatable bonds is 12. The van der Waals surface area contributed by atoms with E-state index in [9.17, 15) is 22.4 Å². The topological polar surface area (TPSA) is 86.8 Å². The lowest BCUT2D eigenvalue weighted by molar-refractivity contribution is -0.140. The summed E-state index contributed by atoms with van der Waals surface area (Å²) >= 11 is 18.5.